The maximum absolute atomic E-state index is 13.5. The summed E-state index contributed by atoms with van der Waals surface area (Å²) in [6.45, 7) is -0.975. The molecule has 0 rings (SSSR count). The van der Waals surface area contributed by atoms with E-state index >= 15 is 0 Å². The summed E-state index contributed by atoms with van der Waals surface area (Å²) >= 11 is 0. The maximum Gasteiger partial charge on any atom is 0.460 e. The number of hydrogen-bond acceptors (Lipinski definition) is 2. The molecule has 0 radical (unpaired) electrons. The second-order valence-electron chi connectivity index (χ2n) is 7.15. The molecule has 0 amide bonds. The Hall–Kier alpha value is -1.48. The zero-order valence-corrected chi connectivity index (χ0v) is 15.2. The molecule has 0 aromatic carbocycles. The van der Waals surface area contributed by atoms with Crippen LogP contribution in [0.15, 0.2) is 0 Å². The first-order chi connectivity index (χ1) is 12.9. The number of carboxylic acids is 1. The summed E-state index contributed by atoms with van der Waals surface area (Å²) in [5.74, 6) is -38.4. The van der Waals surface area contributed by atoms with Gasteiger partial charge in [-0.25, -0.2) is 0 Å². The zero-order valence-electron chi connectivity index (χ0n) is 15.2. The van der Waals surface area contributed by atoms with Crippen LogP contribution in [0.5, 0.6) is 0 Å². The monoisotopic (exact) mass is 477 g/mol. The maximum atomic E-state index is 13.5. The highest BCUT2D eigenvalue weighted by molar-refractivity contribution is 5.65. The van der Waals surface area contributed by atoms with E-state index in [1.54, 1.807) is 0 Å². The lowest BCUT2D eigenvalue weighted by Gasteiger charge is -2.39. The van der Waals surface area contributed by atoms with Crippen LogP contribution in [0.4, 0.5) is 57.1 Å². The molecule has 0 N–H and O–H groups in total. The van der Waals surface area contributed by atoms with Crippen LogP contribution in [-0.2, 0) is 4.79 Å². The van der Waals surface area contributed by atoms with E-state index in [0.717, 1.165) is 0 Å². The number of unbranched alkanes of at least 4 members (excludes halogenated alkanes) is 1. The van der Waals surface area contributed by atoms with E-state index in [2.05, 4.69) is 0 Å². The summed E-state index contributed by atoms with van der Waals surface area (Å²) in [6, 6.07) is 0. The third-order valence-electron chi connectivity index (χ3n) is 4.06. The fraction of sp³-hybridized carbons (Fsp3) is 0.929. The van der Waals surface area contributed by atoms with Crippen molar-refractivity contribution >= 4 is 5.97 Å². The largest absolute Gasteiger partial charge is 0.544 e. The van der Waals surface area contributed by atoms with Crippen molar-refractivity contribution in [1.29, 1.82) is 0 Å². The molecule has 16 heteroatoms. The molecule has 0 unspecified atom stereocenters. The molecule has 0 bridgehead atoms. The van der Waals surface area contributed by atoms with Gasteiger partial charge in [0.15, 0.2) is 0 Å². The highest BCUT2D eigenvalue weighted by Gasteiger charge is 2.90. The number of halogens is 13. The highest BCUT2D eigenvalue weighted by Crippen LogP contribution is 2.60. The molecule has 0 aromatic heterocycles. The van der Waals surface area contributed by atoms with E-state index < -0.39 is 72.0 Å². The fourth-order valence-electron chi connectivity index (χ4n) is 2.27. The van der Waals surface area contributed by atoms with Crippen LogP contribution in [0.2, 0.25) is 0 Å². The first kappa shape index (κ1) is 28.5. The summed E-state index contributed by atoms with van der Waals surface area (Å²) in [5, 5.41) is 10.5. The molecule has 0 heterocycles. The fourth-order valence-corrected chi connectivity index (χ4v) is 2.27. The Bertz CT molecular complexity index is 613. The van der Waals surface area contributed by atoms with Crippen LogP contribution in [0.25, 0.3) is 0 Å². The third kappa shape index (κ3) is 5.22. The smallest absolute Gasteiger partial charge is 0.460 e. The molecule has 180 valence electrons. The molecule has 3 nitrogen and oxygen atoms in total. The quantitative estimate of drug-likeness (QED) is 0.259. The Kier molecular flexibility index (Phi) is 7.82. The van der Waals surface area contributed by atoms with Crippen molar-refractivity contribution in [2.75, 3.05) is 27.2 Å². The topological polar surface area (TPSA) is 40.1 Å². The number of nitrogens with zero attached hydrogens (tertiary/aromatic N) is 1. The molecule has 0 saturated heterocycles. The molecule has 0 spiro atoms. The molecule has 0 aliphatic rings. The van der Waals surface area contributed by atoms with Crippen LogP contribution in [0.1, 0.15) is 19.3 Å². The van der Waals surface area contributed by atoms with E-state index in [4.69, 9.17) is 0 Å². The molecule has 0 atom stereocenters. The number of quaternary nitrogens is 1. The van der Waals surface area contributed by atoms with Gasteiger partial charge in [0.1, 0.15) is 6.54 Å². The van der Waals surface area contributed by atoms with Crippen LogP contribution >= 0.6 is 0 Å². The van der Waals surface area contributed by atoms with Crippen molar-refractivity contribution in [1.82, 2.24) is 0 Å². The number of hydrogen-bond donors (Lipinski definition) is 0. The average molecular weight is 477 g/mol. The minimum absolute atomic E-state index is 0.311. The van der Waals surface area contributed by atoms with Gasteiger partial charge in [-0.15, -0.1) is 0 Å². The van der Waals surface area contributed by atoms with Gasteiger partial charge in [-0.3, -0.25) is 0 Å². The summed E-state index contributed by atoms with van der Waals surface area (Å²) < 4.78 is 168. The third-order valence-corrected chi connectivity index (χ3v) is 4.06. The molecule has 30 heavy (non-hydrogen) atoms. The Morgan fingerprint density at radius 3 is 1.47 bits per heavy atom. The number of aliphatic carboxylic acids is 1. The first-order valence-corrected chi connectivity index (χ1v) is 7.85. The van der Waals surface area contributed by atoms with Crippen molar-refractivity contribution < 1.29 is 71.5 Å². The predicted molar refractivity (Wildman–Crippen MR) is 71.5 cm³/mol. The summed E-state index contributed by atoms with van der Waals surface area (Å²) in [5.41, 5.74) is 0. The van der Waals surface area contributed by atoms with Gasteiger partial charge in [0.05, 0.1) is 26.6 Å². The van der Waals surface area contributed by atoms with Crippen LogP contribution in [0.3, 0.4) is 0 Å². The van der Waals surface area contributed by atoms with E-state index in [1.807, 2.05) is 0 Å². The molecule has 0 aliphatic carbocycles. The van der Waals surface area contributed by atoms with Gasteiger partial charge in [-0.2, -0.15) is 57.1 Å². The van der Waals surface area contributed by atoms with E-state index in [1.165, 1.54) is 14.1 Å². The summed E-state index contributed by atoms with van der Waals surface area (Å²) in [4.78, 5) is 10.5. The zero-order chi connectivity index (χ0) is 24.6. The summed E-state index contributed by atoms with van der Waals surface area (Å²) in [6.07, 6.45) is -11.4. The molecule has 0 aliphatic heterocycles. The standard InChI is InChI=1S/C14H16F13NO2/c1-28(2,7-8(29)30)6-4-3-5-9(15,16)10(17,18)11(19,20)12(21,22)13(23,24)14(25,26)27/h3-7H2,1-2H3. The van der Waals surface area contributed by atoms with Crippen molar-refractivity contribution in [3.8, 4) is 0 Å². The van der Waals surface area contributed by atoms with Crippen molar-refractivity contribution in [3.63, 3.8) is 0 Å². The SMILES string of the molecule is C[N+](C)(CCCCC(F)(F)C(F)(F)C(F)(F)C(F)(F)C(F)(F)C(F)(F)F)CC(=O)[O-]. The Morgan fingerprint density at radius 1 is 0.700 bits per heavy atom. The lowest BCUT2D eigenvalue weighted by molar-refractivity contribution is -0.885. The second kappa shape index (κ2) is 8.22. The van der Waals surface area contributed by atoms with Gasteiger partial charge < -0.3 is 14.4 Å². The number of carboxylic acid groups (broad SMARTS) is 1. The minimum Gasteiger partial charge on any atom is -0.544 e. The van der Waals surface area contributed by atoms with Crippen molar-refractivity contribution in [3.05, 3.63) is 0 Å². The highest BCUT2D eigenvalue weighted by atomic mass is 19.4. The lowest BCUT2D eigenvalue weighted by Crippen LogP contribution is -2.70. The van der Waals surface area contributed by atoms with Crippen molar-refractivity contribution in [2.45, 2.75) is 55.1 Å². The van der Waals surface area contributed by atoms with E-state index in [9.17, 15) is 67.0 Å². The van der Waals surface area contributed by atoms with Gasteiger partial charge in [-0.1, -0.05) is 0 Å². The molecule has 0 aromatic rings. The Morgan fingerprint density at radius 2 is 1.10 bits per heavy atom. The second-order valence-corrected chi connectivity index (χ2v) is 7.15. The van der Waals surface area contributed by atoms with Gasteiger partial charge in [0.25, 0.3) is 0 Å². The number of alkyl halides is 13. The normalized spacial score (nSPS) is 15.4. The Balaban J connectivity index is 5.54. The van der Waals surface area contributed by atoms with E-state index in [0.29, 0.717) is 0 Å². The lowest BCUT2D eigenvalue weighted by atomic mass is 9.91. The molecule has 0 fully saturated rings. The van der Waals surface area contributed by atoms with Crippen molar-refractivity contribution in [2.24, 2.45) is 0 Å². The summed E-state index contributed by atoms with van der Waals surface area (Å²) in [7, 11) is 2.47. The molecule has 0 saturated carbocycles. The van der Waals surface area contributed by atoms with Crippen LogP contribution in [0, 0.1) is 0 Å². The predicted octanol–water partition coefficient (Wildman–Crippen LogP) is 3.72. The van der Waals surface area contributed by atoms with Crippen LogP contribution < -0.4 is 5.11 Å². The van der Waals surface area contributed by atoms with E-state index in [-0.39, 0.29) is 6.54 Å². The minimum atomic E-state index is -7.90. The molecular weight excluding hydrogens is 461 g/mol. The Labute approximate surface area is 161 Å². The number of likely N-dealkylation sites (N-methyl/N-ethyl adjacent to an activating group) is 1. The number of carbonyl (C=O) groups is 1. The first-order valence-electron chi connectivity index (χ1n) is 7.85. The number of carbonyl (C=O) groups excluding carboxylic acids is 1. The van der Waals surface area contributed by atoms with Crippen LogP contribution in [-0.4, -0.2) is 73.4 Å². The average Bonchev–Trinajstić information content (AvgIpc) is 2.48. The van der Waals surface area contributed by atoms with Gasteiger partial charge in [0.2, 0.25) is 0 Å². The van der Waals surface area contributed by atoms with Gasteiger partial charge in [-0.05, 0) is 12.8 Å². The number of rotatable bonds is 11. The van der Waals surface area contributed by atoms with Gasteiger partial charge in [0, 0.05) is 6.42 Å². The van der Waals surface area contributed by atoms with Gasteiger partial charge >= 0.3 is 35.8 Å². The molecular formula is C14H16F13NO2.